The van der Waals surface area contributed by atoms with Crippen LogP contribution >= 0.6 is 0 Å². The van der Waals surface area contributed by atoms with Crippen LogP contribution in [0.5, 0.6) is 0 Å². The van der Waals surface area contributed by atoms with E-state index in [1.54, 1.807) is 6.07 Å². The van der Waals surface area contributed by atoms with Gasteiger partial charge in [0.1, 0.15) is 17.1 Å². The average molecular weight is 533 g/mol. The van der Waals surface area contributed by atoms with Gasteiger partial charge in [-0.3, -0.25) is 0 Å². The van der Waals surface area contributed by atoms with Crippen LogP contribution in [0.25, 0.3) is 0 Å². The molecule has 3 aliphatic heterocycles. The Labute approximate surface area is 226 Å². The van der Waals surface area contributed by atoms with Gasteiger partial charge in [-0.15, -0.1) is 0 Å². The van der Waals surface area contributed by atoms with Crippen molar-refractivity contribution in [2.75, 3.05) is 52.4 Å². The van der Waals surface area contributed by atoms with Gasteiger partial charge in [-0.2, -0.15) is 0 Å². The summed E-state index contributed by atoms with van der Waals surface area (Å²) in [6.07, 6.45) is 5.63. The number of alkyl carbamates (subject to hydrolysis) is 1. The molecule has 1 aliphatic carbocycles. The molecule has 0 bridgehead atoms. The third-order valence-corrected chi connectivity index (χ3v) is 9.38. The van der Waals surface area contributed by atoms with Crippen LogP contribution in [-0.4, -0.2) is 85.6 Å². The molecule has 4 aliphatic rings. The van der Waals surface area contributed by atoms with Gasteiger partial charge < -0.3 is 25.2 Å². The van der Waals surface area contributed by atoms with Gasteiger partial charge in [0.05, 0.1) is 0 Å². The lowest BCUT2D eigenvalue weighted by atomic mass is 9.57. The second kappa shape index (κ2) is 11.0. The van der Waals surface area contributed by atoms with Crippen molar-refractivity contribution in [2.45, 2.75) is 82.0 Å². The first-order valence-electron chi connectivity index (χ1n) is 14.7. The number of rotatable bonds is 8. The number of hydrogen-bond acceptors (Lipinski definition) is 5. The Kier molecular flexibility index (Phi) is 8.05. The summed E-state index contributed by atoms with van der Waals surface area (Å²) in [5, 5.41) is 6.31. The minimum atomic E-state index is -1.11. The molecule has 0 aromatic heterocycles. The number of nitrogens with zero attached hydrogens (tertiary/aromatic N) is 2. The molecule has 38 heavy (non-hydrogen) atoms. The fourth-order valence-corrected chi connectivity index (χ4v) is 7.50. The smallest absolute Gasteiger partial charge is 0.407 e. The predicted octanol–water partition coefficient (Wildman–Crippen LogP) is 4.49. The lowest BCUT2D eigenvalue weighted by Gasteiger charge is -2.54. The molecule has 0 unspecified atom stereocenters. The summed E-state index contributed by atoms with van der Waals surface area (Å²) in [6.45, 7) is 11.7. The monoisotopic (exact) mass is 532 g/mol. The zero-order valence-electron chi connectivity index (χ0n) is 23.4. The molecule has 3 heterocycles. The third-order valence-electron chi connectivity index (χ3n) is 9.38. The molecule has 6 nitrogen and oxygen atoms in total. The van der Waals surface area contributed by atoms with Gasteiger partial charge >= 0.3 is 6.09 Å². The van der Waals surface area contributed by atoms with E-state index in [1.165, 1.54) is 12.5 Å². The lowest BCUT2D eigenvalue weighted by Crippen LogP contribution is -2.63. The highest BCUT2D eigenvalue weighted by molar-refractivity contribution is 5.68. The number of alkyl halides is 1. The normalized spacial score (nSPS) is 28.2. The van der Waals surface area contributed by atoms with Gasteiger partial charge in [-0.1, -0.05) is 18.6 Å². The van der Waals surface area contributed by atoms with Crippen molar-refractivity contribution in [3.05, 3.63) is 35.6 Å². The molecule has 0 radical (unpaired) electrons. The van der Waals surface area contributed by atoms with E-state index in [1.807, 2.05) is 26.8 Å². The Morgan fingerprint density at radius 3 is 2.39 bits per heavy atom. The van der Waals surface area contributed by atoms with Crippen LogP contribution in [0.2, 0.25) is 0 Å². The molecule has 0 spiro atoms. The molecule has 212 valence electrons. The molecule has 3 saturated heterocycles. The molecule has 1 aromatic carbocycles. The zero-order chi connectivity index (χ0) is 27.0. The van der Waals surface area contributed by atoms with Crippen LogP contribution in [0.3, 0.4) is 0 Å². The summed E-state index contributed by atoms with van der Waals surface area (Å²) < 4.78 is 35.4. The minimum Gasteiger partial charge on any atom is -0.444 e. The summed E-state index contributed by atoms with van der Waals surface area (Å²) in [7, 11) is 0. The minimum absolute atomic E-state index is 0.0254. The molecule has 1 amide bonds. The summed E-state index contributed by atoms with van der Waals surface area (Å²) in [4.78, 5) is 17.7. The molecule has 4 fully saturated rings. The van der Waals surface area contributed by atoms with Gasteiger partial charge in [0.2, 0.25) is 0 Å². The van der Waals surface area contributed by atoms with E-state index < -0.39 is 11.3 Å². The zero-order valence-corrected chi connectivity index (χ0v) is 23.4. The highest BCUT2D eigenvalue weighted by Crippen LogP contribution is 2.51. The quantitative estimate of drug-likeness (QED) is 0.517. The number of carbonyl (C=O) groups is 1. The SMILES string of the molecule is CC(C)(C)OC(=O)N[C@H]1CCC[C@@H]1[C@](CN1CCC1)(c1cccc(F)c1)C1CCN(CC2(F)CNC2)CC1. The van der Waals surface area contributed by atoms with E-state index in [0.29, 0.717) is 25.6 Å². The first-order chi connectivity index (χ1) is 18.1. The largest absolute Gasteiger partial charge is 0.444 e. The molecule has 3 atom stereocenters. The van der Waals surface area contributed by atoms with Crippen molar-refractivity contribution in [3.63, 3.8) is 0 Å². The Hall–Kier alpha value is -1.77. The molecule has 1 saturated carbocycles. The van der Waals surface area contributed by atoms with Crippen LogP contribution in [0, 0.1) is 17.7 Å². The Bertz CT molecular complexity index is 969. The maximum Gasteiger partial charge on any atom is 0.407 e. The maximum absolute atomic E-state index is 14.9. The average Bonchev–Trinajstić information content (AvgIpc) is 3.25. The summed E-state index contributed by atoms with van der Waals surface area (Å²) in [5.74, 6) is 0.291. The van der Waals surface area contributed by atoms with E-state index in [9.17, 15) is 13.6 Å². The van der Waals surface area contributed by atoms with E-state index in [0.717, 1.165) is 70.4 Å². The molecule has 2 N–H and O–H groups in total. The molecule has 8 heteroatoms. The fourth-order valence-electron chi connectivity index (χ4n) is 7.50. The van der Waals surface area contributed by atoms with E-state index in [4.69, 9.17) is 4.74 Å². The highest BCUT2D eigenvalue weighted by atomic mass is 19.1. The molecule has 5 rings (SSSR count). The predicted molar refractivity (Wildman–Crippen MR) is 146 cm³/mol. The number of halogens is 2. The van der Waals surface area contributed by atoms with Crippen LogP contribution < -0.4 is 10.6 Å². The van der Waals surface area contributed by atoms with Gasteiger partial charge in [0, 0.05) is 37.6 Å². The highest BCUT2D eigenvalue weighted by Gasteiger charge is 2.53. The number of ether oxygens (including phenoxy) is 1. The fraction of sp³-hybridized carbons (Fsp3) is 0.767. The van der Waals surface area contributed by atoms with Crippen molar-refractivity contribution in [2.24, 2.45) is 11.8 Å². The second-order valence-corrected chi connectivity index (χ2v) is 13.3. The van der Waals surface area contributed by atoms with Crippen molar-refractivity contribution in [1.82, 2.24) is 20.4 Å². The molecular weight excluding hydrogens is 486 g/mol. The summed E-state index contributed by atoms with van der Waals surface area (Å²) in [5.41, 5.74) is -0.920. The third kappa shape index (κ3) is 6.02. The summed E-state index contributed by atoms with van der Waals surface area (Å²) >= 11 is 0. The first-order valence-corrected chi connectivity index (χ1v) is 14.7. The number of hydrogen-bond donors (Lipinski definition) is 2. The van der Waals surface area contributed by atoms with Crippen molar-refractivity contribution >= 4 is 6.09 Å². The van der Waals surface area contributed by atoms with Crippen LogP contribution in [0.15, 0.2) is 24.3 Å². The van der Waals surface area contributed by atoms with Gasteiger partial charge in [0.25, 0.3) is 0 Å². The van der Waals surface area contributed by atoms with Gasteiger partial charge in [-0.25, -0.2) is 13.6 Å². The van der Waals surface area contributed by atoms with Crippen molar-refractivity contribution in [1.29, 1.82) is 0 Å². The van der Waals surface area contributed by atoms with E-state index >= 15 is 0 Å². The molecule has 1 aromatic rings. The van der Waals surface area contributed by atoms with Crippen molar-refractivity contribution in [3.8, 4) is 0 Å². The lowest BCUT2D eigenvalue weighted by molar-refractivity contribution is -0.00216. The Balaban J connectivity index is 1.45. The topological polar surface area (TPSA) is 56.8 Å². The van der Waals surface area contributed by atoms with Crippen LogP contribution in [0.4, 0.5) is 13.6 Å². The number of amides is 1. The maximum atomic E-state index is 14.9. The Morgan fingerprint density at radius 1 is 1.08 bits per heavy atom. The van der Waals surface area contributed by atoms with E-state index in [-0.39, 0.29) is 29.3 Å². The van der Waals surface area contributed by atoms with Crippen LogP contribution in [-0.2, 0) is 10.2 Å². The number of nitrogens with one attached hydrogen (secondary N) is 2. The number of benzene rings is 1. The van der Waals surface area contributed by atoms with Crippen molar-refractivity contribution < 1.29 is 18.3 Å². The first kappa shape index (κ1) is 27.8. The number of carbonyl (C=O) groups excluding carboxylic acids is 1. The standard InChI is InChI=1S/C30H46F2N4O2/c1-28(2,3)38-27(37)34-26-10-5-9-25(26)30(21-35-13-6-14-35,23-7-4-8-24(31)17-23)22-11-15-36(16-12-22)20-29(32)18-33-19-29/h4,7-8,17,22,25-26,33H,5-6,9-16,18-21H2,1-3H3,(H,34,37)/t25-,26-,30-/m0/s1. The summed E-state index contributed by atoms with van der Waals surface area (Å²) in [6, 6.07) is 7.19. The van der Waals surface area contributed by atoms with Gasteiger partial charge in [0.15, 0.2) is 0 Å². The second-order valence-electron chi connectivity index (χ2n) is 13.3. The van der Waals surface area contributed by atoms with Crippen LogP contribution in [0.1, 0.15) is 64.9 Å². The molecular formula is C30H46F2N4O2. The Morgan fingerprint density at radius 2 is 1.82 bits per heavy atom. The van der Waals surface area contributed by atoms with E-state index in [2.05, 4.69) is 26.5 Å². The number of piperidine rings is 1. The number of likely N-dealkylation sites (tertiary alicyclic amines) is 2. The van der Waals surface area contributed by atoms with Gasteiger partial charge in [-0.05, 0) is 109 Å².